The standard InChI is InChI=1S/C6H10OSe/c1-5(4-7)6(2)8-3/h4H,1-3H3/b6-5+. The summed E-state index contributed by atoms with van der Waals surface area (Å²) < 4.78 is 1.24. The second-order valence-corrected chi connectivity index (χ2v) is 3.70. The molecule has 0 radical (unpaired) electrons. The maximum absolute atomic E-state index is 10.1. The summed E-state index contributed by atoms with van der Waals surface area (Å²) in [5.41, 5.74) is 0.896. The fraction of sp³-hybridized carbons (Fsp3) is 0.500. The zero-order chi connectivity index (χ0) is 6.57. The molecule has 0 aromatic rings. The Morgan fingerprint density at radius 3 is 2.12 bits per heavy atom. The molecule has 0 aliphatic rings. The van der Waals surface area contributed by atoms with Crippen molar-refractivity contribution in [3.63, 3.8) is 0 Å². The molecule has 0 rings (SSSR count). The van der Waals surface area contributed by atoms with Gasteiger partial charge in [0.15, 0.2) is 0 Å². The summed E-state index contributed by atoms with van der Waals surface area (Å²) >= 11 is 0.505. The Bertz CT molecular complexity index is 116. The van der Waals surface area contributed by atoms with Crippen LogP contribution in [0.1, 0.15) is 13.8 Å². The van der Waals surface area contributed by atoms with E-state index in [-0.39, 0.29) is 0 Å². The summed E-state index contributed by atoms with van der Waals surface area (Å²) in [4.78, 5) is 10.1. The maximum atomic E-state index is 10.1. The molecule has 0 atom stereocenters. The predicted octanol–water partition coefficient (Wildman–Crippen LogP) is 1.23. The molecule has 2 heteroatoms. The summed E-state index contributed by atoms with van der Waals surface area (Å²) in [7, 11) is 0. The molecule has 0 aliphatic heterocycles. The van der Waals surface area contributed by atoms with Crippen LogP contribution >= 0.6 is 0 Å². The average Bonchev–Trinajstić information content (AvgIpc) is 1.84. The van der Waals surface area contributed by atoms with Gasteiger partial charge in [-0.05, 0) is 0 Å². The fourth-order valence-electron chi connectivity index (χ4n) is 0.244. The SMILES string of the molecule is C[Se]/C(C)=C(\C)C=O. The summed E-state index contributed by atoms with van der Waals surface area (Å²) in [5.74, 6) is 2.11. The first-order valence-electron chi connectivity index (χ1n) is 2.39. The zero-order valence-electron chi connectivity index (χ0n) is 5.39. The quantitative estimate of drug-likeness (QED) is 0.352. The minimum atomic E-state index is 0.505. The normalized spacial score (nSPS) is 12.9. The predicted molar refractivity (Wildman–Crippen MR) is 36.1 cm³/mol. The average molecular weight is 177 g/mol. The molecule has 0 unspecified atom stereocenters. The number of hydrogen-bond donors (Lipinski definition) is 0. The van der Waals surface area contributed by atoms with E-state index >= 15 is 0 Å². The molecule has 8 heavy (non-hydrogen) atoms. The first-order chi connectivity index (χ1) is 3.72. The van der Waals surface area contributed by atoms with E-state index in [0.29, 0.717) is 15.0 Å². The van der Waals surface area contributed by atoms with Crippen molar-refractivity contribution < 1.29 is 4.79 Å². The van der Waals surface area contributed by atoms with E-state index in [4.69, 9.17) is 0 Å². The minimum absolute atomic E-state index is 0.505. The van der Waals surface area contributed by atoms with E-state index in [1.807, 2.05) is 13.8 Å². The third kappa shape index (κ3) is 2.29. The van der Waals surface area contributed by atoms with Crippen molar-refractivity contribution in [1.29, 1.82) is 0 Å². The summed E-state index contributed by atoms with van der Waals surface area (Å²) in [6.07, 6.45) is 0.917. The Morgan fingerprint density at radius 2 is 2.00 bits per heavy atom. The summed E-state index contributed by atoms with van der Waals surface area (Å²) in [5, 5.41) is 0. The molecule has 0 N–H and O–H groups in total. The van der Waals surface area contributed by atoms with Gasteiger partial charge < -0.3 is 0 Å². The van der Waals surface area contributed by atoms with Gasteiger partial charge in [0.2, 0.25) is 0 Å². The van der Waals surface area contributed by atoms with E-state index in [1.165, 1.54) is 4.47 Å². The molecule has 0 amide bonds. The van der Waals surface area contributed by atoms with Gasteiger partial charge in [-0.2, -0.15) is 0 Å². The molecule has 0 aliphatic carbocycles. The van der Waals surface area contributed by atoms with E-state index in [1.54, 1.807) is 0 Å². The number of aldehydes is 1. The van der Waals surface area contributed by atoms with Crippen molar-refractivity contribution in [3.05, 3.63) is 10.0 Å². The second kappa shape index (κ2) is 3.87. The molecule has 0 fully saturated rings. The van der Waals surface area contributed by atoms with Crippen LogP contribution in [-0.4, -0.2) is 21.2 Å². The zero-order valence-corrected chi connectivity index (χ0v) is 7.11. The van der Waals surface area contributed by atoms with Gasteiger partial charge in [-0.1, -0.05) is 0 Å². The van der Waals surface area contributed by atoms with E-state index < -0.39 is 0 Å². The van der Waals surface area contributed by atoms with Gasteiger partial charge in [-0.3, -0.25) is 0 Å². The number of carbonyl (C=O) groups is 1. The van der Waals surface area contributed by atoms with E-state index in [0.717, 1.165) is 11.9 Å². The van der Waals surface area contributed by atoms with Gasteiger partial charge in [0.05, 0.1) is 0 Å². The number of hydrogen-bond acceptors (Lipinski definition) is 1. The second-order valence-electron chi connectivity index (χ2n) is 1.56. The van der Waals surface area contributed by atoms with Crippen LogP contribution < -0.4 is 0 Å². The molecular weight excluding hydrogens is 167 g/mol. The molecule has 0 saturated heterocycles. The molecule has 0 heterocycles. The van der Waals surface area contributed by atoms with Gasteiger partial charge in [0, 0.05) is 0 Å². The van der Waals surface area contributed by atoms with E-state index in [2.05, 4.69) is 5.82 Å². The van der Waals surface area contributed by atoms with Gasteiger partial charge in [-0.25, -0.2) is 0 Å². The van der Waals surface area contributed by atoms with Gasteiger partial charge in [0.1, 0.15) is 0 Å². The van der Waals surface area contributed by atoms with Crippen LogP contribution in [0, 0.1) is 0 Å². The van der Waals surface area contributed by atoms with Crippen LogP contribution in [0.2, 0.25) is 5.82 Å². The van der Waals surface area contributed by atoms with Crippen molar-refractivity contribution in [3.8, 4) is 0 Å². The van der Waals surface area contributed by atoms with Crippen LogP contribution in [0.25, 0.3) is 0 Å². The van der Waals surface area contributed by atoms with E-state index in [9.17, 15) is 4.79 Å². The molecule has 0 bridgehead atoms. The van der Waals surface area contributed by atoms with Crippen LogP contribution in [0.15, 0.2) is 10.0 Å². The molecular formula is C6H10OSe. The van der Waals surface area contributed by atoms with Crippen LogP contribution in [0.5, 0.6) is 0 Å². The van der Waals surface area contributed by atoms with Gasteiger partial charge in [0.25, 0.3) is 0 Å². The monoisotopic (exact) mass is 178 g/mol. The third-order valence-electron chi connectivity index (χ3n) is 1.04. The van der Waals surface area contributed by atoms with Crippen molar-refractivity contribution in [1.82, 2.24) is 0 Å². The Balaban J connectivity index is 4.03. The van der Waals surface area contributed by atoms with Crippen molar-refractivity contribution in [2.75, 3.05) is 0 Å². The molecule has 1 nitrogen and oxygen atoms in total. The van der Waals surface area contributed by atoms with Crippen LogP contribution in [-0.2, 0) is 4.79 Å². The summed E-state index contributed by atoms with van der Waals surface area (Å²) in [6.45, 7) is 3.86. The number of allylic oxidation sites excluding steroid dienone is 2. The van der Waals surface area contributed by atoms with Crippen molar-refractivity contribution in [2.24, 2.45) is 0 Å². The van der Waals surface area contributed by atoms with Gasteiger partial charge in [-0.15, -0.1) is 0 Å². The van der Waals surface area contributed by atoms with Crippen LogP contribution in [0.3, 0.4) is 0 Å². The molecule has 0 aromatic heterocycles. The topological polar surface area (TPSA) is 17.1 Å². The van der Waals surface area contributed by atoms with Gasteiger partial charge >= 0.3 is 55.8 Å². The Labute approximate surface area is 56.3 Å². The number of carbonyl (C=O) groups excluding carboxylic acids is 1. The number of rotatable bonds is 2. The molecule has 0 aromatic carbocycles. The molecule has 0 spiro atoms. The summed E-state index contributed by atoms with van der Waals surface area (Å²) in [6, 6.07) is 0. The third-order valence-corrected chi connectivity index (χ3v) is 3.00. The first-order valence-corrected chi connectivity index (χ1v) is 4.96. The molecule has 46 valence electrons. The first kappa shape index (κ1) is 7.93. The Kier molecular flexibility index (Phi) is 3.84. The van der Waals surface area contributed by atoms with Crippen LogP contribution in [0.4, 0.5) is 0 Å². The van der Waals surface area contributed by atoms with Crippen molar-refractivity contribution >= 4 is 21.2 Å². The Hall–Kier alpha value is -0.0705. The molecule has 0 saturated carbocycles. The Morgan fingerprint density at radius 1 is 1.50 bits per heavy atom. The fourth-order valence-corrected chi connectivity index (χ4v) is 1.02. The van der Waals surface area contributed by atoms with Crippen molar-refractivity contribution in [2.45, 2.75) is 19.7 Å².